The first kappa shape index (κ1) is 23.0. The number of aryl methyl sites for hydroxylation is 2. The molecule has 0 aliphatic carbocycles. The van der Waals surface area contributed by atoms with Gasteiger partial charge in [-0.15, -0.1) is 11.3 Å². The molecule has 0 unspecified atom stereocenters. The molecule has 182 valence electrons. The van der Waals surface area contributed by atoms with E-state index in [4.69, 9.17) is 4.74 Å². The molecule has 0 aromatic carbocycles. The summed E-state index contributed by atoms with van der Waals surface area (Å²) in [5, 5.41) is 14.1. The van der Waals surface area contributed by atoms with Crippen LogP contribution in [0.3, 0.4) is 0 Å². The second-order valence-electron chi connectivity index (χ2n) is 8.43. The second kappa shape index (κ2) is 9.84. The van der Waals surface area contributed by atoms with Crippen LogP contribution in [0.4, 0.5) is 16.2 Å². The molecule has 0 bridgehead atoms. The van der Waals surface area contributed by atoms with Gasteiger partial charge in [0, 0.05) is 31.5 Å². The maximum atomic E-state index is 13.1. The lowest BCUT2D eigenvalue weighted by Crippen LogP contribution is -2.26. The zero-order valence-electron chi connectivity index (χ0n) is 19.5. The first-order valence-electron chi connectivity index (χ1n) is 11.4. The van der Waals surface area contributed by atoms with Crippen molar-refractivity contribution in [3.63, 3.8) is 0 Å². The van der Waals surface area contributed by atoms with Crippen LogP contribution in [0.5, 0.6) is 0 Å². The van der Waals surface area contributed by atoms with Crippen LogP contribution in [0.2, 0.25) is 0 Å². The number of carbonyl (C=O) groups excluding carboxylic acids is 2. The lowest BCUT2D eigenvalue weighted by atomic mass is 10.2. The highest BCUT2D eigenvalue weighted by molar-refractivity contribution is 7.21. The van der Waals surface area contributed by atoms with Gasteiger partial charge in [0.15, 0.2) is 0 Å². The van der Waals surface area contributed by atoms with Gasteiger partial charge in [0.2, 0.25) is 0 Å². The number of hydrogen-bond donors (Lipinski definition) is 2. The summed E-state index contributed by atoms with van der Waals surface area (Å²) in [4.78, 5) is 33.5. The van der Waals surface area contributed by atoms with Crippen molar-refractivity contribution in [2.45, 2.75) is 19.8 Å². The number of amides is 2. The van der Waals surface area contributed by atoms with Crippen LogP contribution in [0.15, 0.2) is 37.1 Å². The van der Waals surface area contributed by atoms with Crippen LogP contribution in [-0.2, 0) is 11.8 Å². The van der Waals surface area contributed by atoms with E-state index in [1.807, 2.05) is 19.4 Å². The van der Waals surface area contributed by atoms with Gasteiger partial charge >= 0.3 is 6.09 Å². The van der Waals surface area contributed by atoms with E-state index in [0.717, 1.165) is 34.9 Å². The SMILES string of the molecule is Cc1ncc(NC(=O)OCCN2CCCC2)cc1NC(=O)c1cnn2cc(-c3cnn(C)c3)sc12. The number of pyridine rings is 1. The van der Waals surface area contributed by atoms with E-state index < -0.39 is 6.09 Å². The molecule has 0 radical (unpaired) electrons. The number of ether oxygens (including phenoxy) is 1. The van der Waals surface area contributed by atoms with Gasteiger partial charge in [0.05, 0.1) is 46.1 Å². The number of rotatable bonds is 7. The van der Waals surface area contributed by atoms with Gasteiger partial charge in [-0.25, -0.2) is 9.31 Å². The highest BCUT2D eigenvalue weighted by Crippen LogP contribution is 2.30. The van der Waals surface area contributed by atoms with E-state index in [-0.39, 0.29) is 5.91 Å². The Morgan fingerprint density at radius 2 is 1.94 bits per heavy atom. The third-order valence-corrected chi connectivity index (χ3v) is 7.01. The number of carbonyl (C=O) groups is 2. The lowest BCUT2D eigenvalue weighted by Gasteiger charge is -2.14. The molecule has 1 fully saturated rings. The van der Waals surface area contributed by atoms with Crippen LogP contribution in [0, 0.1) is 6.92 Å². The van der Waals surface area contributed by atoms with Gasteiger partial charge in [-0.1, -0.05) is 0 Å². The summed E-state index contributed by atoms with van der Waals surface area (Å²) in [6.07, 6.45) is 10.5. The molecule has 1 aliphatic rings. The number of nitrogens with zero attached hydrogens (tertiary/aromatic N) is 6. The summed E-state index contributed by atoms with van der Waals surface area (Å²) in [7, 11) is 1.86. The van der Waals surface area contributed by atoms with Gasteiger partial charge in [-0.05, 0) is 38.9 Å². The molecule has 35 heavy (non-hydrogen) atoms. The number of nitrogens with one attached hydrogen (secondary N) is 2. The Kier molecular flexibility index (Phi) is 6.47. The van der Waals surface area contributed by atoms with E-state index in [9.17, 15) is 9.59 Å². The average molecular weight is 495 g/mol. The highest BCUT2D eigenvalue weighted by atomic mass is 32.1. The van der Waals surface area contributed by atoms with Crippen molar-refractivity contribution in [3.05, 3.63) is 48.3 Å². The average Bonchev–Trinajstić information content (AvgIpc) is 3.60. The minimum absolute atomic E-state index is 0.310. The van der Waals surface area contributed by atoms with Crippen molar-refractivity contribution in [2.24, 2.45) is 7.05 Å². The summed E-state index contributed by atoms with van der Waals surface area (Å²) in [6.45, 7) is 4.94. The van der Waals surface area contributed by atoms with Gasteiger partial charge < -0.3 is 10.1 Å². The molecule has 0 atom stereocenters. The molecule has 0 spiro atoms. The molecular formula is C23H26N8O3S. The van der Waals surface area contributed by atoms with Crippen LogP contribution < -0.4 is 10.6 Å². The summed E-state index contributed by atoms with van der Waals surface area (Å²) in [5.74, 6) is -0.310. The Hall–Kier alpha value is -3.77. The van der Waals surface area contributed by atoms with E-state index in [1.54, 1.807) is 28.4 Å². The fraction of sp³-hybridized carbons (Fsp3) is 0.348. The third kappa shape index (κ3) is 5.17. The lowest BCUT2D eigenvalue weighted by molar-refractivity contribution is 0.102. The van der Waals surface area contributed by atoms with E-state index in [1.165, 1.54) is 36.6 Å². The molecule has 5 rings (SSSR count). The summed E-state index contributed by atoms with van der Waals surface area (Å²) in [5.41, 5.74) is 2.96. The Balaban J connectivity index is 1.24. The van der Waals surface area contributed by atoms with Crippen LogP contribution in [0.25, 0.3) is 15.3 Å². The van der Waals surface area contributed by atoms with Gasteiger partial charge in [0.25, 0.3) is 5.91 Å². The number of anilines is 2. The number of likely N-dealkylation sites (tertiary alicyclic amines) is 1. The van der Waals surface area contributed by atoms with E-state index >= 15 is 0 Å². The smallest absolute Gasteiger partial charge is 0.411 e. The minimum atomic E-state index is -0.549. The molecule has 12 heteroatoms. The molecular weight excluding hydrogens is 468 g/mol. The van der Waals surface area contributed by atoms with Crippen molar-refractivity contribution < 1.29 is 14.3 Å². The third-order valence-electron chi connectivity index (χ3n) is 5.85. The molecule has 1 aliphatic heterocycles. The monoisotopic (exact) mass is 494 g/mol. The molecule has 0 saturated carbocycles. The zero-order chi connectivity index (χ0) is 24.4. The van der Waals surface area contributed by atoms with E-state index in [0.29, 0.717) is 29.2 Å². The maximum Gasteiger partial charge on any atom is 0.411 e. The largest absolute Gasteiger partial charge is 0.448 e. The predicted molar refractivity (Wildman–Crippen MR) is 133 cm³/mol. The normalized spacial score (nSPS) is 13.9. The van der Waals surface area contributed by atoms with Gasteiger partial charge in [-0.2, -0.15) is 10.2 Å². The Morgan fingerprint density at radius 1 is 1.11 bits per heavy atom. The topological polar surface area (TPSA) is 119 Å². The van der Waals surface area contributed by atoms with Crippen LogP contribution in [-0.4, -0.2) is 67.5 Å². The summed E-state index contributed by atoms with van der Waals surface area (Å²) >= 11 is 1.46. The Morgan fingerprint density at radius 3 is 2.71 bits per heavy atom. The highest BCUT2D eigenvalue weighted by Gasteiger charge is 2.18. The molecule has 1 saturated heterocycles. The number of fused-ring (bicyclic) bond motifs is 1. The molecule has 11 nitrogen and oxygen atoms in total. The summed E-state index contributed by atoms with van der Waals surface area (Å²) < 4.78 is 8.70. The Labute approximate surface area is 205 Å². The zero-order valence-corrected chi connectivity index (χ0v) is 20.3. The number of thiazole rings is 1. The molecule has 4 aromatic heterocycles. The molecule has 2 N–H and O–H groups in total. The summed E-state index contributed by atoms with van der Waals surface area (Å²) in [6, 6.07) is 1.66. The number of aromatic nitrogens is 5. The van der Waals surface area contributed by atoms with Gasteiger partial charge in [0.1, 0.15) is 11.4 Å². The second-order valence-corrected chi connectivity index (χ2v) is 9.46. The number of hydrogen-bond acceptors (Lipinski definition) is 8. The molecule has 5 heterocycles. The molecule has 2 amide bonds. The van der Waals surface area contributed by atoms with Crippen molar-refractivity contribution >= 4 is 39.5 Å². The first-order valence-corrected chi connectivity index (χ1v) is 12.2. The van der Waals surface area contributed by atoms with E-state index in [2.05, 4.69) is 30.7 Å². The van der Waals surface area contributed by atoms with Crippen LogP contribution in [0.1, 0.15) is 28.9 Å². The standard InChI is InChI=1S/C23H26N8O3S/c1-15-19(9-17(11-24-15)27-23(33)34-8-7-30-5-3-4-6-30)28-21(32)18-12-26-31-14-20(35-22(18)31)16-10-25-29(2)13-16/h9-14H,3-8H2,1-2H3,(H,27,33)(H,28,32). The van der Waals surface area contributed by atoms with Crippen molar-refractivity contribution in [2.75, 3.05) is 36.9 Å². The maximum absolute atomic E-state index is 13.1. The van der Waals surface area contributed by atoms with Crippen molar-refractivity contribution in [1.29, 1.82) is 0 Å². The Bertz CT molecular complexity index is 1370. The molecule has 4 aromatic rings. The van der Waals surface area contributed by atoms with Crippen molar-refractivity contribution in [3.8, 4) is 10.4 Å². The predicted octanol–water partition coefficient (Wildman–Crippen LogP) is 3.40. The fourth-order valence-corrected chi connectivity index (χ4v) is 5.00. The fourth-order valence-electron chi connectivity index (χ4n) is 3.97. The van der Waals surface area contributed by atoms with Gasteiger partial charge in [-0.3, -0.25) is 24.7 Å². The minimum Gasteiger partial charge on any atom is -0.448 e. The quantitative estimate of drug-likeness (QED) is 0.404. The van der Waals surface area contributed by atoms with Crippen molar-refractivity contribution in [1.82, 2.24) is 29.3 Å². The van der Waals surface area contributed by atoms with Crippen LogP contribution >= 0.6 is 11.3 Å². The first-order chi connectivity index (χ1) is 17.0.